The molecule has 1 heterocycles. The first-order valence-electron chi connectivity index (χ1n) is 6.52. The van der Waals surface area contributed by atoms with Crippen LogP contribution in [0.5, 0.6) is 0 Å². The maximum Gasteiger partial charge on any atom is 0.154 e. The van der Waals surface area contributed by atoms with Crippen LogP contribution in [-0.4, -0.2) is 27.3 Å². The summed E-state index contributed by atoms with van der Waals surface area (Å²) in [7, 11) is -3.03. The van der Waals surface area contributed by atoms with Crippen molar-refractivity contribution in [2.45, 2.75) is 5.75 Å². The topological polar surface area (TPSA) is 46.2 Å². The van der Waals surface area contributed by atoms with Gasteiger partial charge in [-0.05, 0) is 22.3 Å². The van der Waals surface area contributed by atoms with Crippen molar-refractivity contribution in [3.63, 3.8) is 0 Å². The first-order chi connectivity index (χ1) is 9.14. The van der Waals surface area contributed by atoms with E-state index in [0.29, 0.717) is 11.7 Å². The number of nitrogens with one attached hydrogen (secondary N) is 1. The van der Waals surface area contributed by atoms with Crippen molar-refractivity contribution in [1.82, 2.24) is 5.32 Å². The van der Waals surface area contributed by atoms with Crippen molar-refractivity contribution in [2.75, 3.05) is 18.8 Å². The van der Waals surface area contributed by atoms with Gasteiger partial charge in [-0.2, -0.15) is 0 Å². The second-order valence-electron chi connectivity index (χ2n) is 5.22. The van der Waals surface area contributed by atoms with Crippen molar-refractivity contribution in [1.29, 1.82) is 0 Å². The summed E-state index contributed by atoms with van der Waals surface area (Å²) in [4.78, 5) is 0. The van der Waals surface area contributed by atoms with E-state index < -0.39 is 9.84 Å². The molecule has 0 aromatic heterocycles. The molecule has 0 amide bonds. The standard InChI is InChI=1S/C15H17NO2S/c17-19(18,10-12-8-16-9-12)11-14-6-3-5-13-4-1-2-7-15(13)14/h1-7,12,16H,8-11H2. The van der Waals surface area contributed by atoms with Gasteiger partial charge >= 0.3 is 0 Å². The first-order valence-corrected chi connectivity index (χ1v) is 8.34. The quantitative estimate of drug-likeness (QED) is 0.928. The molecule has 2 aromatic carbocycles. The van der Waals surface area contributed by atoms with E-state index in [-0.39, 0.29) is 5.75 Å². The van der Waals surface area contributed by atoms with Gasteiger partial charge in [0.1, 0.15) is 0 Å². The first kappa shape index (κ1) is 12.6. The highest BCUT2D eigenvalue weighted by Gasteiger charge is 2.24. The molecule has 4 heteroatoms. The Kier molecular flexibility index (Phi) is 3.29. The van der Waals surface area contributed by atoms with Crippen LogP contribution >= 0.6 is 0 Å². The van der Waals surface area contributed by atoms with Crippen molar-refractivity contribution < 1.29 is 8.42 Å². The zero-order chi connectivity index (χ0) is 13.3. The molecule has 0 saturated carbocycles. The molecule has 0 bridgehead atoms. The Bertz CT molecular complexity index is 685. The second-order valence-corrected chi connectivity index (χ2v) is 7.33. The molecule has 0 unspecified atom stereocenters. The monoisotopic (exact) mass is 275 g/mol. The second kappa shape index (κ2) is 4.94. The minimum absolute atomic E-state index is 0.144. The smallest absolute Gasteiger partial charge is 0.154 e. The molecule has 2 aromatic rings. The molecule has 0 atom stereocenters. The Morgan fingerprint density at radius 3 is 2.53 bits per heavy atom. The lowest BCUT2D eigenvalue weighted by Crippen LogP contribution is -2.45. The number of benzene rings is 2. The molecule has 3 nitrogen and oxygen atoms in total. The normalized spacial score (nSPS) is 16.4. The molecular weight excluding hydrogens is 258 g/mol. The number of hydrogen-bond donors (Lipinski definition) is 1. The highest BCUT2D eigenvalue weighted by atomic mass is 32.2. The fourth-order valence-corrected chi connectivity index (χ4v) is 4.34. The Balaban J connectivity index is 1.88. The average molecular weight is 275 g/mol. The summed E-state index contributed by atoms with van der Waals surface area (Å²) < 4.78 is 24.4. The lowest BCUT2D eigenvalue weighted by molar-refractivity contribution is 0.378. The van der Waals surface area contributed by atoms with Crippen LogP contribution in [0.15, 0.2) is 42.5 Å². The van der Waals surface area contributed by atoms with E-state index in [4.69, 9.17) is 0 Å². The summed E-state index contributed by atoms with van der Waals surface area (Å²) in [6.07, 6.45) is 0. The summed E-state index contributed by atoms with van der Waals surface area (Å²) >= 11 is 0. The number of rotatable bonds is 4. The van der Waals surface area contributed by atoms with E-state index >= 15 is 0 Å². The van der Waals surface area contributed by atoms with E-state index in [9.17, 15) is 8.42 Å². The van der Waals surface area contributed by atoms with Crippen LogP contribution in [0.3, 0.4) is 0 Å². The Labute approximate surface area is 113 Å². The van der Waals surface area contributed by atoms with E-state index in [1.54, 1.807) is 0 Å². The van der Waals surface area contributed by atoms with Gasteiger partial charge in [-0.1, -0.05) is 42.5 Å². The van der Waals surface area contributed by atoms with Gasteiger partial charge in [0.15, 0.2) is 9.84 Å². The Hall–Kier alpha value is -1.39. The van der Waals surface area contributed by atoms with Gasteiger partial charge in [0.25, 0.3) is 0 Å². The summed E-state index contributed by atoms with van der Waals surface area (Å²) in [5, 5.41) is 5.25. The van der Waals surface area contributed by atoms with Gasteiger partial charge in [-0.3, -0.25) is 0 Å². The molecule has 3 rings (SSSR count). The van der Waals surface area contributed by atoms with Crippen LogP contribution in [0.1, 0.15) is 5.56 Å². The minimum atomic E-state index is -3.03. The largest absolute Gasteiger partial charge is 0.316 e. The van der Waals surface area contributed by atoms with Crippen LogP contribution in [-0.2, 0) is 15.6 Å². The molecule has 1 aliphatic heterocycles. The van der Waals surface area contributed by atoms with E-state index in [2.05, 4.69) is 5.32 Å². The van der Waals surface area contributed by atoms with Gasteiger partial charge in [0.2, 0.25) is 0 Å². The molecule has 1 N–H and O–H groups in total. The third kappa shape index (κ3) is 2.80. The number of hydrogen-bond acceptors (Lipinski definition) is 3. The van der Waals surface area contributed by atoms with Crippen molar-refractivity contribution in [3.8, 4) is 0 Å². The van der Waals surface area contributed by atoms with Crippen LogP contribution in [0.25, 0.3) is 10.8 Å². The molecule has 0 spiro atoms. The summed E-state index contributed by atoms with van der Waals surface area (Å²) in [6, 6.07) is 13.8. The summed E-state index contributed by atoms with van der Waals surface area (Å²) in [5.41, 5.74) is 0.908. The molecule has 100 valence electrons. The van der Waals surface area contributed by atoms with Gasteiger partial charge in [-0.15, -0.1) is 0 Å². The van der Waals surface area contributed by atoms with E-state index in [0.717, 1.165) is 29.4 Å². The molecule has 19 heavy (non-hydrogen) atoms. The highest BCUT2D eigenvalue weighted by molar-refractivity contribution is 7.90. The van der Waals surface area contributed by atoms with Crippen LogP contribution in [0.2, 0.25) is 0 Å². The van der Waals surface area contributed by atoms with Crippen LogP contribution < -0.4 is 5.32 Å². The maximum atomic E-state index is 12.2. The van der Waals surface area contributed by atoms with Crippen molar-refractivity contribution in [3.05, 3.63) is 48.0 Å². The van der Waals surface area contributed by atoms with Crippen molar-refractivity contribution in [2.24, 2.45) is 5.92 Å². The van der Waals surface area contributed by atoms with Gasteiger partial charge in [0, 0.05) is 13.1 Å². The van der Waals surface area contributed by atoms with Crippen LogP contribution in [0.4, 0.5) is 0 Å². The molecule has 1 fully saturated rings. The fourth-order valence-electron chi connectivity index (χ4n) is 2.54. The van der Waals surface area contributed by atoms with Gasteiger partial charge in [-0.25, -0.2) is 8.42 Å². The third-order valence-corrected chi connectivity index (χ3v) is 5.34. The molecular formula is C15H17NO2S. The zero-order valence-electron chi connectivity index (χ0n) is 10.7. The molecule has 0 radical (unpaired) electrons. The maximum absolute atomic E-state index is 12.2. The predicted octanol–water partition coefficient (Wildman–Crippen LogP) is 1.97. The fraction of sp³-hybridized carbons (Fsp3) is 0.333. The van der Waals surface area contributed by atoms with E-state index in [1.165, 1.54) is 0 Å². The van der Waals surface area contributed by atoms with E-state index in [1.807, 2.05) is 42.5 Å². The highest BCUT2D eigenvalue weighted by Crippen LogP contribution is 2.21. The number of sulfone groups is 1. The summed E-state index contributed by atoms with van der Waals surface area (Å²) in [5.74, 6) is 0.730. The average Bonchev–Trinajstić information content (AvgIpc) is 2.34. The lowest BCUT2D eigenvalue weighted by atomic mass is 10.1. The Morgan fingerprint density at radius 2 is 1.79 bits per heavy atom. The summed E-state index contributed by atoms with van der Waals surface area (Å²) in [6.45, 7) is 1.66. The lowest BCUT2D eigenvalue weighted by Gasteiger charge is -2.26. The van der Waals surface area contributed by atoms with Crippen LogP contribution in [0, 0.1) is 5.92 Å². The molecule has 1 saturated heterocycles. The molecule has 0 aliphatic carbocycles. The van der Waals surface area contributed by atoms with Gasteiger partial charge < -0.3 is 5.32 Å². The minimum Gasteiger partial charge on any atom is -0.316 e. The molecule has 1 aliphatic rings. The number of fused-ring (bicyclic) bond motifs is 1. The van der Waals surface area contributed by atoms with Gasteiger partial charge in [0.05, 0.1) is 11.5 Å². The van der Waals surface area contributed by atoms with Crippen molar-refractivity contribution >= 4 is 20.6 Å². The predicted molar refractivity (Wildman–Crippen MR) is 77.8 cm³/mol. The Morgan fingerprint density at radius 1 is 1.05 bits per heavy atom. The SMILES string of the molecule is O=S(=O)(Cc1cccc2ccccc12)CC1CNC1. The third-order valence-electron chi connectivity index (χ3n) is 3.61. The zero-order valence-corrected chi connectivity index (χ0v) is 11.5.